The normalized spacial score (nSPS) is 11.3. The van der Waals surface area contributed by atoms with Crippen molar-refractivity contribution in [3.63, 3.8) is 0 Å². The molecule has 3 rings (SSSR count). The van der Waals surface area contributed by atoms with E-state index in [9.17, 15) is 13.2 Å². The van der Waals surface area contributed by atoms with Crippen LogP contribution in [0.5, 0.6) is 0 Å². The molecule has 0 saturated carbocycles. The number of halogens is 3. The zero-order valence-electron chi connectivity index (χ0n) is 18.3. The van der Waals surface area contributed by atoms with E-state index < -0.39 is 10.0 Å². The van der Waals surface area contributed by atoms with Gasteiger partial charge in [-0.25, -0.2) is 8.42 Å². The fourth-order valence-corrected chi connectivity index (χ4v) is 5.67. The molecule has 0 aliphatic rings. The molecule has 0 aliphatic heterocycles. The molecule has 1 amide bonds. The Morgan fingerprint density at radius 1 is 0.912 bits per heavy atom. The van der Waals surface area contributed by atoms with E-state index in [0.717, 1.165) is 28.3 Å². The van der Waals surface area contributed by atoms with Crippen LogP contribution >= 0.6 is 46.6 Å². The molecule has 0 bridgehead atoms. The quantitative estimate of drug-likeness (QED) is 0.298. The van der Waals surface area contributed by atoms with E-state index in [0.29, 0.717) is 33.4 Å². The number of anilines is 1. The van der Waals surface area contributed by atoms with Gasteiger partial charge in [0.25, 0.3) is 5.91 Å². The van der Waals surface area contributed by atoms with Crippen molar-refractivity contribution in [2.45, 2.75) is 12.3 Å². The highest BCUT2D eigenvalue weighted by atomic mass is 35.5. The van der Waals surface area contributed by atoms with Gasteiger partial charge in [-0.2, -0.15) is 11.8 Å². The fourth-order valence-electron chi connectivity index (χ4n) is 3.14. The summed E-state index contributed by atoms with van der Waals surface area (Å²) < 4.78 is 26.1. The predicted octanol–water partition coefficient (Wildman–Crippen LogP) is 6.28. The highest BCUT2D eigenvalue weighted by molar-refractivity contribution is 7.98. The van der Waals surface area contributed by atoms with Crippen molar-refractivity contribution >= 4 is 68.2 Å². The number of benzene rings is 3. The minimum Gasteiger partial charge on any atom is -0.351 e. The first kappa shape index (κ1) is 26.7. The molecule has 0 atom stereocenters. The van der Waals surface area contributed by atoms with Crippen molar-refractivity contribution < 1.29 is 13.2 Å². The van der Waals surface area contributed by atoms with E-state index >= 15 is 0 Å². The van der Waals surface area contributed by atoms with Gasteiger partial charge in [0, 0.05) is 44.2 Å². The smallest absolute Gasteiger partial charge is 0.251 e. The van der Waals surface area contributed by atoms with Crippen molar-refractivity contribution in [2.24, 2.45) is 0 Å². The molecule has 1 N–H and O–H groups in total. The first-order chi connectivity index (χ1) is 16.2. The van der Waals surface area contributed by atoms with Crippen LogP contribution < -0.4 is 9.62 Å². The van der Waals surface area contributed by atoms with Gasteiger partial charge in [-0.05, 0) is 48.0 Å². The molecule has 0 saturated heterocycles. The lowest BCUT2D eigenvalue weighted by Crippen LogP contribution is -2.30. The highest BCUT2D eigenvalue weighted by Gasteiger charge is 2.21. The summed E-state index contributed by atoms with van der Waals surface area (Å²) in [4.78, 5) is 12.5. The number of nitrogens with one attached hydrogen (secondary N) is 1. The summed E-state index contributed by atoms with van der Waals surface area (Å²) in [5.74, 6) is 1.27. The van der Waals surface area contributed by atoms with E-state index in [1.54, 1.807) is 54.2 Å². The summed E-state index contributed by atoms with van der Waals surface area (Å²) in [6.45, 7) is 0.474. The van der Waals surface area contributed by atoms with Crippen LogP contribution in [0.4, 0.5) is 5.69 Å². The molecule has 0 spiro atoms. The zero-order chi connectivity index (χ0) is 24.7. The molecule has 0 heterocycles. The maximum absolute atomic E-state index is 12.5. The van der Waals surface area contributed by atoms with Gasteiger partial charge >= 0.3 is 0 Å². The Morgan fingerprint density at radius 2 is 1.53 bits per heavy atom. The summed E-state index contributed by atoms with van der Waals surface area (Å²) in [5.41, 5.74) is 2.41. The summed E-state index contributed by atoms with van der Waals surface area (Å²) in [7, 11) is -3.63. The topological polar surface area (TPSA) is 66.5 Å². The fraction of sp³-hybridized carbons (Fsp3) is 0.208. The molecule has 180 valence electrons. The van der Waals surface area contributed by atoms with E-state index in [1.165, 1.54) is 4.31 Å². The van der Waals surface area contributed by atoms with E-state index in [1.807, 2.05) is 24.3 Å². The number of hydrogen-bond donors (Lipinski definition) is 1. The molecule has 0 radical (unpaired) electrons. The number of rotatable bonds is 10. The lowest BCUT2D eigenvalue weighted by Gasteiger charge is -2.23. The van der Waals surface area contributed by atoms with E-state index in [2.05, 4.69) is 5.32 Å². The third kappa shape index (κ3) is 7.30. The number of hydrogen-bond acceptors (Lipinski definition) is 4. The molecule has 34 heavy (non-hydrogen) atoms. The summed E-state index contributed by atoms with van der Waals surface area (Å²) >= 11 is 20.3. The molecule has 0 aliphatic carbocycles. The van der Waals surface area contributed by atoms with Gasteiger partial charge in [-0.1, -0.05) is 59.1 Å². The van der Waals surface area contributed by atoms with Crippen molar-refractivity contribution in [3.05, 3.63) is 98.5 Å². The number of thioether (sulfide) groups is 1. The van der Waals surface area contributed by atoms with Gasteiger partial charge in [0.1, 0.15) is 0 Å². The largest absolute Gasteiger partial charge is 0.351 e. The maximum Gasteiger partial charge on any atom is 0.251 e. The second kappa shape index (κ2) is 12.2. The Labute approximate surface area is 219 Å². The van der Waals surface area contributed by atoms with Crippen LogP contribution in [0.2, 0.25) is 15.1 Å². The van der Waals surface area contributed by atoms with Crippen LogP contribution in [0.25, 0.3) is 0 Å². The van der Waals surface area contributed by atoms with E-state index in [4.69, 9.17) is 34.8 Å². The number of carbonyl (C=O) groups excluding carboxylic acids is 1. The average Bonchev–Trinajstić information content (AvgIpc) is 2.79. The van der Waals surface area contributed by atoms with Crippen LogP contribution in [-0.4, -0.2) is 32.9 Å². The Bertz CT molecular complexity index is 1230. The lowest BCUT2D eigenvalue weighted by atomic mass is 10.1. The third-order valence-electron chi connectivity index (χ3n) is 4.93. The SMILES string of the molecule is CS(=O)(=O)N(Cc1c(Cl)cccc1Cl)c1ccc(C(=O)NCCSCc2ccccc2Cl)cc1. The Morgan fingerprint density at radius 3 is 2.15 bits per heavy atom. The molecule has 3 aromatic carbocycles. The van der Waals surface area contributed by atoms with Crippen LogP contribution in [0, 0.1) is 0 Å². The minimum absolute atomic E-state index is 0.0223. The monoisotopic (exact) mass is 556 g/mol. The van der Waals surface area contributed by atoms with Gasteiger partial charge < -0.3 is 5.32 Å². The molecular weight excluding hydrogens is 535 g/mol. The van der Waals surface area contributed by atoms with Crippen LogP contribution in [0.3, 0.4) is 0 Å². The third-order valence-corrected chi connectivity index (χ3v) is 8.15. The highest BCUT2D eigenvalue weighted by Crippen LogP contribution is 2.29. The average molecular weight is 558 g/mol. The standard InChI is InChI=1S/C24H23Cl3N2O3S2/c1-34(31,32)29(15-20-22(26)7-4-8-23(20)27)19-11-9-17(10-12-19)24(30)28-13-14-33-16-18-5-2-3-6-21(18)25/h2-12H,13-16H2,1H3,(H,28,30). The number of sulfonamides is 1. The van der Waals surface area contributed by atoms with Gasteiger partial charge in [0.05, 0.1) is 18.5 Å². The second-order valence-corrected chi connectivity index (χ2v) is 11.7. The molecule has 3 aromatic rings. The summed E-state index contributed by atoms with van der Waals surface area (Å²) in [6, 6.07) is 19.0. The van der Waals surface area contributed by atoms with Crippen LogP contribution in [-0.2, 0) is 22.3 Å². The van der Waals surface area contributed by atoms with Crippen molar-refractivity contribution in [3.8, 4) is 0 Å². The molecule has 5 nitrogen and oxygen atoms in total. The van der Waals surface area contributed by atoms with Crippen molar-refractivity contribution in [1.29, 1.82) is 0 Å². The summed E-state index contributed by atoms with van der Waals surface area (Å²) in [5, 5.41) is 4.37. The first-order valence-corrected chi connectivity index (χ1v) is 14.4. The Hall–Kier alpha value is -1.90. The zero-order valence-corrected chi connectivity index (χ0v) is 22.2. The van der Waals surface area contributed by atoms with Gasteiger partial charge in [-0.3, -0.25) is 9.10 Å². The first-order valence-electron chi connectivity index (χ1n) is 10.3. The molecular formula is C24H23Cl3N2O3S2. The predicted molar refractivity (Wildman–Crippen MR) is 144 cm³/mol. The number of nitrogens with zero attached hydrogens (tertiary/aromatic N) is 1. The Kier molecular flexibility index (Phi) is 9.56. The second-order valence-electron chi connectivity index (χ2n) is 7.42. The number of amides is 1. The maximum atomic E-state index is 12.5. The molecule has 0 fully saturated rings. The van der Waals surface area contributed by atoms with Gasteiger partial charge in [0.2, 0.25) is 10.0 Å². The molecule has 0 aromatic heterocycles. The molecule has 10 heteroatoms. The lowest BCUT2D eigenvalue weighted by molar-refractivity contribution is 0.0956. The summed E-state index contributed by atoms with van der Waals surface area (Å²) in [6.07, 6.45) is 1.11. The molecule has 0 unspecified atom stereocenters. The Balaban J connectivity index is 1.59. The van der Waals surface area contributed by atoms with Gasteiger partial charge in [-0.15, -0.1) is 0 Å². The van der Waals surface area contributed by atoms with Crippen molar-refractivity contribution in [1.82, 2.24) is 5.32 Å². The van der Waals surface area contributed by atoms with Crippen LogP contribution in [0.1, 0.15) is 21.5 Å². The van der Waals surface area contributed by atoms with Gasteiger partial charge in [0.15, 0.2) is 0 Å². The number of carbonyl (C=O) groups is 1. The van der Waals surface area contributed by atoms with E-state index in [-0.39, 0.29) is 12.5 Å². The van der Waals surface area contributed by atoms with Crippen molar-refractivity contribution in [2.75, 3.05) is 22.9 Å². The van der Waals surface area contributed by atoms with Crippen LogP contribution in [0.15, 0.2) is 66.7 Å². The minimum atomic E-state index is -3.63.